The molecule has 1 aliphatic heterocycles. The van der Waals surface area contributed by atoms with Gasteiger partial charge in [0.15, 0.2) is 0 Å². The van der Waals surface area contributed by atoms with Gasteiger partial charge >= 0.3 is 0 Å². The van der Waals surface area contributed by atoms with Crippen LogP contribution in [-0.4, -0.2) is 24.0 Å². The lowest BCUT2D eigenvalue weighted by Crippen LogP contribution is -2.28. The van der Waals surface area contributed by atoms with E-state index in [1.165, 1.54) is 38.8 Å². The highest BCUT2D eigenvalue weighted by Gasteiger charge is 2.47. The summed E-state index contributed by atoms with van der Waals surface area (Å²) in [6.45, 7) is 15.6. The second kappa shape index (κ2) is 7.27. The van der Waals surface area contributed by atoms with E-state index >= 15 is 0 Å². The molecule has 0 bridgehead atoms. The van der Waals surface area contributed by atoms with E-state index in [9.17, 15) is 0 Å². The largest absolute Gasteiger partial charge is 0.300 e. The van der Waals surface area contributed by atoms with Crippen molar-refractivity contribution in [2.45, 2.75) is 73.3 Å². The minimum atomic E-state index is 0.778. The summed E-state index contributed by atoms with van der Waals surface area (Å²) in [7, 11) is 0. The molecule has 0 aromatic rings. The van der Waals surface area contributed by atoms with E-state index in [-0.39, 0.29) is 0 Å². The summed E-state index contributed by atoms with van der Waals surface area (Å²) in [4.78, 5) is 2.62. The van der Waals surface area contributed by atoms with Crippen LogP contribution in [0, 0.1) is 5.41 Å². The normalized spacial score (nSPS) is 21.8. The van der Waals surface area contributed by atoms with E-state index < -0.39 is 0 Å². The van der Waals surface area contributed by atoms with Crippen molar-refractivity contribution >= 4 is 0 Å². The number of hydrogen-bond acceptors (Lipinski definition) is 1. The van der Waals surface area contributed by atoms with Crippen LogP contribution in [-0.2, 0) is 0 Å². The molecule has 2 rings (SSSR count). The third-order valence-electron chi connectivity index (χ3n) is 3.16. The maximum Gasteiger partial charge on any atom is 0.00412 e. The van der Waals surface area contributed by atoms with Crippen LogP contribution in [0.1, 0.15) is 67.2 Å². The molecule has 1 saturated carbocycles. The van der Waals surface area contributed by atoms with Gasteiger partial charge < -0.3 is 4.90 Å². The summed E-state index contributed by atoms with van der Waals surface area (Å²) in [6, 6.07) is 0.778. The minimum Gasteiger partial charge on any atom is -0.300 e. The van der Waals surface area contributed by atoms with Gasteiger partial charge in [0.2, 0.25) is 0 Å². The Labute approximate surface area is 97.2 Å². The van der Waals surface area contributed by atoms with Crippen LogP contribution in [0.15, 0.2) is 0 Å². The van der Waals surface area contributed by atoms with Crippen LogP contribution in [0.3, 0.4) is 0 Å². The first-order chi connectivity index (χ1) is 7.13. The fourth-order valence-electron chi connectivity index (χ4n) is 2.00. The number of likely N-dealkylation sites (tertiary alicyclic amines) is 1. The van der Waals surface area contributed by atoms with Crippen LogP contribution in [0.5, 0.6) is 0 Å². The van der Waals surface area contributed by atoms with Crippen molar-refractivity contribution in [1.82, 2.24) is 4.90 Å². The van der Waals surface area contributed by atoms with E-state index in [0.717, 1.165) is 11.5 Å². The van der Waals surface area contributed by atoms with Gasteiger partial charge in [-0.1, -0.05) is 34.1 Å². The number of nitrogens with zero attached hydrogens (tertiary/aromatic N) is 1. The highest BCUT2D eigenvalue weighted by molar-refractivity contribution is 5.00. The molecule has 2 fully saturated rings. The second-order valence-electron chi connectivity index (χ2n) is 5.02. The average Bonchev–Trinajstić information content (AvgIpc) is 2.80. The van der Waals surface area contributed by atoms with Gasteiger partial charge in [-0.05, 0) is 45.1 Å². The summed E-state index contributed by atoms with van der Waals surface area (Å²) in [5.41, 5.74) is 0.824. The van der Waals surface area contributed by atoms with Crippen LogP contribution < -0.4 is 0 Å². The summed E-state index contributed by atoms with van der Waals surface area (Å²) in [5, 5.41) is 0. The molecule has 0 atom stereocenters. The SMILES string of the molecule is CC.CC(C)N1CCC2(CC2)C1.CCC. The zero-order valence-corrected chi connectivity index (χ0v) is 11.8. The molecule has 0 aromatic carbocycles. The van der Waals surface area contributed by atoms with Gasteiger partial charge in [0.1, 0.15) is 0 Å². The molecule has 0 N–H and O–H groups in total. The summed E-state index contributed by atoms with van der Waals surface area (Å²) in [6.07, 6.45) is 5.75. The number of rotatable bonds is 1. The standard InChI is InChI=1S/C9H17N.C3H8.C2H6/c1-8(2)10-6-5-9(7-10)3-4-9;1-3-2;1-2/h8H,3-7H2,1-2H3;3H2,1-2H3;1-2H3. The second-order valence-corrected chi connectivity index (χ2v) is 5.02. The van der Waals surface area contributed by atoms with Crippen molar-refractivity contribution < 1.29 is 0 Å². The summed E-state index contributed by atoms with van der Waals surface area (Å²) < 4.78 is 0. The fraction of sp³-hybridized carbons (Fsp3) is 1.00. The first-order valence-electron chi connectivity index (χ1n) is 6.87. The third kappa shape index (κ3) is 5.01. The molecule has 92 valence electrons. The summed E-state index contributed by atoms with van der Waals surface area (Å²) >= 11 is 0. The number of hydrogen-bond donors (Lipinski definition) is 0. The fourth-order valence-corrected chi connectivity index (χ4v) is 2.00. The lowest BCUT2D eigenvalue weighted by molar-refractivity contribution is 0.262. The van der Waals surface area contributed by atoms with Crippen molar-refractivity contribution in [3.8, 4) is 0 Å². The molecule has 0 amide bonds. The maximum atomic E-state index is 2.62. The lowest BCUT2D eigenvalue weighted by Gasteiger charge is -2.19. The smallest absolute Gasteiger partial charge is 0.00412 e. The Morgan fingerprint density at radius 2 is 1.53 bits per heavy atom. The predicted octanol–water partition coefficient (Wildman–Crippen LogP) is 4.32. The molecular weight excluding hydrogens is 182 g/mol. The molecule has 1 saturated heterocycles. The molecular formula is C14H31N. The molecule has 0 radical (unpaired) electrons. The van der Waals surface area contributed by atoms with Gasteiger partial charge in [-0.3, -0.25) is 0 Å². The Morgan fingerprint density at radius 1 is 1.07 bits per heavy atom. The molecule has 1 spiro atoms. The van der Waals surface area contributed by atoms with Crippen LogP contribution >= 0.6 is 0 Å². The highest BCUT2D eigenvalue weighted by Crippen LogP contribution is 2.52. The third-order valence-corrected chi connectivity index (χ3v) is 3.16. The van der Waals surface area contributed by atoms with Crippen molar-refractivity contribution in [1.29, 1.82) is 0 Å². The van der Waals surface area contributed by atoms with E-state index in [1.807, 2.05) is 13.8 Å². The monoisotopic (exact) mass is 213 g/mol. The van der Waals surface area contributed by atoms with Crippen molar-refractivity contribution in [2.75, 3.05) is 13.1 Å². The van der Waals surface area contributed by atoms with Crippen LogP contribution in [0.4, 0.5) is 0 Å². The average molecular weight is 213 g/mol. The Balaban J connectivity index is 0.000000342. The van der Waals surface area contributed by atoms with Gasteiger partial charge in [0.25, 0.3) is 0 Å². The molecule has 1 nitrogen and oxygen atoms in total. The molecule has 1 heterocycles. The van der Waals surface area contributed by atoms with Gasteiger partial charge in [0.05, 0.1) is 0 Å². The highest BCUT2D eigenvalue weighted by atomic mass is 15.2. The van der Waals surface area contributed by atoms with E-state index in [2.05, 4.69) is 32.6 Å². The lowest BCUT2D eigenvalue weighted by atomic mass is 10.1. The maximum absolute atomic E-state index is 2.62. The first-order valence-corrected chi connectivity index (χ1v) is 6.87. The van der Waals surface area contributed by atoms with E-state index in [4.69, 9.17) is 0 Å². The zero-order valence-electron chi connectivity index (χ0n) is 11.8. The van der Waals surface area contributed by atoms with E-state index in [0.29, 0.717) is 0 Å². The van der Waals surface area contributed by atoms with Crippen LogP contribution in [0.2, 0.25) is 0 Å². The zero-order chi connectivity index (χ0) is 11.9. The molecule has 0 unspecified atom stereocenters. The van der Waals surface area contributed by atoms with E-state index in [1.54, 1.807) is 0 Å². The first kappa shape index (κ1) is 15.0. The van der Waals surface area contributed by atoms with Gasteiger partial charge in [0, 0.05) is 12.6 Å². The Bertz CT molecular complexity index is 147. The van der Waals surface area contributed by atoms with Crippen molar-refractivity contribution in [3.63, 3.8) is 0 Å². The topological polar surface area (TPSA) is 3.24 Å². The molecule has 2 aliphatic rings. The molecule has 0 aromatic heterocycles. The summed E-state index contributed by atoms with van der Waals surface area (Å²) in [5.74, 6) is 0. The Morgan fingerprint density at radius 3 is 1.73 bits per heavy atom. The Kier molecular flexibility index (Phi) is 7.25. The quantitative estimate of drug-likeness (QED) is 0.627. The van der Waals surface area contributed by atoms with Gasteiger partial charge in [-0.15, -0.1) is 0 Å². The molecule has 1 aliphatic carbocycles. The molecule has 15 heavy (non-hydrogen) atoms. The Hall–Kier alpha value is -0.0400. The predicted molar refractivity (Wildman–Crippen MR) is 70.3 cm³/mol. The van der Waals surface area contributed by atoms with Crippen LogP contribution in [0.25, 0.3) is 0 Å². The van der Waals surface area contributed by atoms with Crippen molar-refractivity contribution in [2.24, 2.45) is 5.41 Å². The van der Waals surface area contributed by atoms with Gasteiger partial charge in [-0.25, -0.2) is 0 Å². The molecule has 1 heteroatoms. The van der Waals surface area contributed by atoms with Gasteiger partial charge in [-0.2, -0.15) is 0 Å². The van der Waals surface area contributed by atoms with Crippen molar-refractivity contribution in [3.05, 3.63) is 0 Å². The minimum absolute atomic E-state index is 0.778.